The fourth-order valence-electron chi connectivity index (χ4n) is 20.1. The molecular formula is C120H76N4O2. The summed E-state index contributed by atoms with van der Waals surface area (Å²) in [6.45, 7) is 0. The fraction of sp³-hybridized carbons (Fsp3) is 0. The molecule has 0 fully saturated rings. The van der Waals surface area contributed by atoms with E-state index in [1.54, 1.807) is 0 Å². The maximum absolute atomic E-state index is 7.00. The molecule has 4 heterocycles. The van der Waals surface area contributed by atoms with Crippen LogP contribution in [0.2, 0.25) is 0 Å². The van der Waals surface area contributed by atoms with Crippen LogP contribution in [0.4, 0.5) is 34.1 Å². The molecule has 25 aromatic rings. The molecule has 0 saturated carbocycles. The average molecular weight is 1610 g/mol. The van der Waals surface area contributed by atoms with Gasteiger partial charge < -0.3 is 27.8 Å². The van der Waals surface area contributed by atoms with Crippen LogP contribution in [0.5, 0.6) is 0 Å². The van der Waals surface area contributed by atoms with E-state index in [1.165, 1.54) is 70.7 Å². The molecule has 21 aromatic carbocycles. The van der Waals surface area contributed by atoms with E-state index < -0.39 is 0 Å². The van der Waals surface area contributed by atoms with Gasteiger partial charge in [0, 0.05) is 88.5 Å². The summed E-state index contributed by atoms with van der Waals surface area (Å²) < 4.78 is 18.2. The number of benzene rings is 21. The van der Waals surface area contributed by atoms with Gasteiger partial charge in [-0.3, -0.25) is 0 Å². The number of furan rings is 2. The molecule has 0 aliphatic carbocycles. The Hall–Kier alpha value is -16.8. The van der Waals surface area contributed by atoms with Gasteiger partial charge in [0.15, 0.2) is 0 Å². The number of hydrogen-bond acceptors (Lipinski definition) is 4. The van der Waals surface area contributed by atoms with Crippen molar-refractivity contribution in [2.75, 3.05) is 9.80 Å². The molecule has 0 atom stereocenters. The van der Waals surface area contributed by atoms with Gasteiger partial charge in [0.25, 0.3) is 0 Å². The number of para-hydroxylation sites is 6. The minimum Gasteiger partial charge on any atom is -0.456 e. The van der Waals surface area contributed by atoms with Crippen molar-refractivity contribution < 1.29 is 8.83 Å². The molecule has 0 radical (unpaired) electrons. The Morgan fingerprint density at radius 1 is 0.167 bits per heavy atom. The van der Waals surface area contributed by atoms with Gasteiger partial charge in [-0.25, -0.2) is 0 Å². The minimum atomic E-state index is 0.834. The predicted molar refractivity (Wildman–Crippen MR) is 530 cm³/mol. The first kappa shape index (κ1) is 72.1. The van der Waals surface area contributed by atoms with Crippen molar-refractivity contribution >= 4 is 154 Å². The third kappa shape index (κ3) is 12.0. The molecular weight excluding hydrogens is 1530 g/mol. The second-order valence-electron chi connectivity index (χ2n) is 33.0. The third-order valence-electron chi connectivity index (χ3n) is 25.9. The molecule has 126 heavy (non-hydrogen) atoms. The van der Waals surface area contributed by atoms with Crippen LogP contribution in [-0.4, -0.2) is 9.13 Å². The van der Waals surface area contributed by atoms with Gasteiger partial charge in [0.05, 0.1) is 27.8 Å². The topological polar surface area (TPSA) is 42.6 Å². The highest BCUT2D eigenvalue weighted by molar-refractivity contribution is 6.18. The van der Waals surface area contributed by atoms with E-state index in [2.05, 4.69) is 474 Å². The lowest BCUT2D eigenvalue weighted by atomic mass is 9.92. The molecule has 588 valence electrons. The second kappa shape index (κ2) is 29.5. The van der Waals surface area contributed by atoms with Crippen molar-refractivity contribution in [1.82, 2.24) is 9.13 Å². The summed E-state index contributed by atoms with van der Waals surface area (Å²) >= 11 is 0. The van der Waals surface area contributed by atoms with Gasteiger partial charge in [-0.15, -0.1) is 0 Å². The maximum atomic E-state index is 7.00. The number of anilines is 6. The Morgan fingerprint density at radius 2 is 0.532 bits per heavy atom. The van der Waals surface area contributed by atoms with Gasteiger partial charge in [-0.2, -0.15) is 0 Å². The van der Waals surface area contributed by atoms with Crippen molar-refractivity contribution in [2.45, 2.75) is 0 Å². The molecule has 0 saturated heterocycles. The molecule has 0 bridgehead atoms. The summed E-state index contributed by atoms with van der Waals surface area (Å²) in [7, 11) is 0. The highest BCUT2D eigenvalue weighted by Crippen LogP contribution is 2.50. The van der Waals surface area contributed by atoms with Crippen molar-refractivity contribution in [3.63, 3.8) is 0 Å². The van der Waals surface area contributed by atoms with E-state index in [1.807, 2.05) is 6.07 Å². The summed E-state index contributed by atoms with van der Waals surface area (Å²) in [6, 6.07) is 168. The van der Waals surface area contributed by atoms with Crippen LogP contribution in [-0.2, 0) is 0 Å². The molecule has 0 aliphatic rings. The van der Waals surface area contributed by atoms with Crippen LogP contribution < -0.4 is 9.80 Å². The van der Waals surface area contributed by atoms with Crippen LogP contribution in [0, 0.1) is 0 Å². The zero-order valence-corrected chi connectivity index (χ0v) is 68.5. The van der Waals surface area contributed by atoms with Gasteiger partial charge in [0.1, 0.15) is 22.3 Å². The van der Waals surface area contributed by atoms with Crippen LogP contribution >= 0.6 is 0 Å². The first-order valence-electron chi connectivity index (χ1n) is 43.2. The van der Waals surface area contributed by atoms with Gasteiger partial charge >= 0.3 is 0 Å². The molecule has 25 rings (SSSR count). The first-order valence-corrected chi connectivity index (χ1v) is 43.2. The zero-order valence-electron chi connectivity index (χ0n) is 68.5. The predicted octanol–water partition coefficient (Wildman–Crippen LogP) is 33.7. The standard InChI is InChI=1S/C120H76N4O2/c1-2-34-96-86(24-1)75-109(101-36-4-3-35-100(96)101)106-41-9-11-46-110(106)122(90-66-58-78(59-67-90)81-26-18-33-94(72-81)124-113-49-14-7-39-104(113)105-40-8-15-50-114(105)124)92-31-20-28-85(74-92)99-45-23-53-117-120(99)108-69-61-87(76-118(108)126-117)95-43-21-29-83-70-82(60-68-97(83)95)79-56-64-89(65-57-79)121(91-30-19-27-84(73-91)98-44-22-52-116-119(98)107-42-10-16-51-115(107)125-116)88-62-54-77(55-63-88)80-25-17-32-93(71-80)123-111-47-12-5-37-102(111)103-38-6-13-48-112(103)123/h1-76H. The molecule has 0 spiro atoms. The van der Waals surface area contributed by atoms with Gasteiger partial charge in [-0.05, 0) is 262 Å². The zero-order chi connectivity index (χ0) is 82.9. The van der Waals surface area contributed by atoms with E-state index in [4.69, 9.17) is 8.83 Å². The molecule has 0 aliphatic heterocycles. The monoisotopic (exact) mass is 1600 g/mol. The van der Waals surface area contributed by atoms with E-state index in [0.29, 0.717) is 0 Å². The summed E-state index contributed by atoms with van der Waals surface area (Å²) in [5.41, 5.74) is 32.4. The Bertz CT molecular complexity index is 8570. The minimum absolute atomic E-state index is 0.834. The van der Waals surface area contributed by atoms with Crippen LogP contribution in [0.3, 0.4) is 0 Å². The van der Waals surface area contributed by atoms with Gasteiger partial charge in [-0.1, -0.05) is 303 Å². The molecule has 6 nitrogen and oxygen atoms in total. The smallest absolute Gasteiger partial charge is 0.136 e. The van der Waals surface area contributed by atoms with Crippen molar-refractivity contribution in [2.24, 2.45) is 0 Å². The number of hydrogen-bond donors (Lipinski definition) is 0. The molecule has 6 heteroatoms. The summed E-state index contributed by atoms with van der Waals surface area (Å²) in [6.07, 6.45) is 0. The number of fused-ring (bicyclic) bond motifs is 16. The van der Waals surface area contributed by atoms with E-state index in [9.17, 15) is 0 Å². The Kier molecular flexibility index (Phi) is 16.9. The van der Waals surface area contributed by atoms with Crippen LogP contribution in [0.15, 0.2) is 470 Å². The van der Waals surface area contributed by atoms with Crippen molar-refractivity contribution in [3.05, 3.63) is 461 Å². The highest BCUT2D eigenvalue weighted by atomic mass is 16.3. The Balaban J connectivity index is 0.545. The van der Waals surface area contributed by atoms with Crippen LogP contribution in [0.1, 0.15) is 0 Å². The SMILES string of the molecule is c1cc(-c2cccc3oc4ccccc4c23)cc(N(c2ccc(-c3cccc(-n4c5ccccc5c5ccccc54)c3)cc2)c2ccc(-c3ccc4c(-c5ccc6c(c5)oc5cccc(-c7cccc(N(c8ccc(-c9cccc(-n%10c%11ccccc%11c%11ccccc%11%10)c9)cc8)c8ccccc8-c8cc9ccccc9c9ccccc89)c7)c56)cccc4c3)cc2)c1. The fourth-order valence-corrected chi connectivity index (χ4v) is 20.1. The first-order chi connectivity index (χ1) is 62.5. The Morgan fingerprint density at radius 3 is 1.11 bits per heavy atom. The molecule has 0 unspecified atom stereocenters. The van der Waals surface area contributed by atoms with Crippen molar-refractivity contribution in [3.8, 4) is 89.3 Å². The lowest BCUT2D eigenvalue weighted by Gasteiger charge is -2.29. The number of nitrogens with zero attached hydrogens (tertiary/aromatic N) is 4. The van der Waals surface area contributed by atoms with E-state index in [-0.39, 0.29) is 0 Å². The second-order valence-corrected chi connectivity index (χ2v) is 33.0. The van der Waals surface area contributed by atoms with Gasteiger partial charge in [0.2, 0.25) is 0 Å². The average Bonchev–Trinajstić information content (AvgIpc) is 1.48. The number of rotatable bonds is 15. The van der Waals surface area contributed by atoms with E-state index >= 15 is 0 Å². The number of aromatic nitrogens is 2. The maximum Gasteiger partial charge on any atom is 0.136 e. The van der Waals surface area contributed by atoms with Crippen LogP contribution in [0.25, 0.3) is 209 Å². The normalized spacial score (nSPS) is 11.8. The molecule has 4 aromatic heterocycles. The largest absolute Gasteiger partial charge is 0.456 e. The lowest BCUT2D eigenvalue weighted by Crippen LogP contribution is -2.11. The Labute approximate surface area is 727 Å². The molecule has 0 N–H and O–H groups in total. The quantitative estimate of drug-likeness (QED) is 0.0960. The summed E-state index contributed by atoms with van der Waals surface area (Å²) in [4.78, 5) is 4.82. The summed E-state index contributed by atoms with van der Waals surface area (Å²) in [5.74, 6) is 0. The highest BCUT2D eigenvalue weighted by Gasteiger charge is 2.25. The lowest BCUT2D eigenvalue weighted by molar-refractivity contribution is 0.668. The molecule has 0 amide bonds. The van der Waals surface area contributed by atoms with E-state index in [0.717, 1.165) is 172 Å². The van der Waals surface area contributed by atoms with Crippen molar-refractivity contribution in [1.29, 1.82) is 0 Å². The summed E-state index contributed by atoms with van der Waals surface area (Å²) in [5, 5.41) is 16.5. The third-order valence-corrected chi connectivity index (χ3v) is 25.9.